The van der Waals surface area contributed by atoms with E-state index in [9.17, 15) is 4.79 Å². The summed E-state index contributed by atoms with van der Waals surface area (Å²) in [6.07, 6.45) is 1.39. The first-order valence-corrected chi connectivity index (χ1v) is 6.98. The first-order chi connectivity index (χ1) is 10.2. The van der Waals surface area contributed by atoms with Crippen molar-refractivity contribution in [3.05, 3.63) is 36.2 Å². The van der Waals surface area contributed by atoms with E-state index >= 15 is 0 Å². The quantitative estimate of drug-likeness (QED) is 0.858. The molecule has 1 saturated heterocycles. The second kappa shape index (κ2) is 6.05. The lowest BCUT2D eigenvalue weighted by atomic mass is 10.2. The molecule has 2 heterocycles. The molecule has 6 heteroatoms. The Kier molecular flexibility index (Phi) is 3.96. The highest BCUT2D eigenvalue weighted by Crippen LogP contribution is 2.19. The number of likely N-dealkylation sites (N-methyl/N-ethyl adjacent to an activating group) is 1. The maximum atomic E-state index is 12.1. The molecule has 0 spiro atoms. The number of rotatable bonds is 4. The van der Waals surface area contributed by atoms with Crippen LogP contribution in [-0.2, 0) is 16.1 Å². The van der Waals surface area contributed by atoms with Gasteiger partial charge in [0, 0.05) is 19.2 Å². The van der Waals surface area contributed by atoms with Crippen molar-refractivity contribution in [3.63, 3.8) is 0 Å². The van der Waals surface area contributed by atoms with Gasteiger partial charge in [0.15, 0.2) is 0 Å². The predicted octanol–water partition coefficient (Wildman–Crippen LogP) is 1.87. The van der Waals surface area contributed by atoms with E-state index in [0.29, 0.717) is 24.9 Å². The van der Waals surface area contributed by atoms with Gasteiger partial charge in [-0.05, 0) is 25.0 Å². The summed E-state index contributed by atoms with van der Waals surface area (Å²) >= 11 is 0. The van der Waals surface area contributed by atoms with E-state index in [2.05, 4.69) is 10.2 Å². The molecular weight excluding hydrogens is 270 g/mol. The van der Waals surface area contributed by atoms with Gasteiger partial charge in [-0.1, -0.05) is 18.2 Å². The lowest BCUT2D eigenvalue weighted by Crippen LogP contribution is -2.35. The summed E-state index contributed by atoms with van der Waals surface area (Å²) in [7, 11) is 1.72. The molecule has 1 amide bonds. The van der Waals surface area contributed by atoms with E-state index in [0.717, 1.165) is 18.4 Å². The molecule has 1 fully saturated rings. The van der Waals surface area contributed by atoms with Gasteiger partial charge in [-0.15, -0.1) is 10.2 Å². The third kappa shape index (κ3) is 3.11. The Morgan fingerprint density at radius 2 is 2.14 bits per heavy atom. The summed E-state index contributed by atoms with van der Waals surface area (Å²) in [4.78, 5) is 13.7. The lowest BCUT2D eigenvalue weighted by molar-refractivity contribution is -0.140. The van der Waals surface area contributed by atoms with Gasteiger partial charge >= 0.3 is 0 Å². The van der Waals surface area contributed by atoms with E-state index in [1.54, 1.807) is 11.9 Å². The number of hydrogen-bond acceptors (Lipinski definition) is 5. The second-order valence-electron chi connectivity index (χ2n) is 5.06. The summed E-state index contributed by atoms with van der Waals surface area (Å²) in [5.74, 6) is 0.846. The van der Waals surface area contributed by atoms with E-state index in [-0.39, 0.29) is 12.0 Å². The SMILES string of the molecule is CN(Cc1nnc(-c2ccccc2)o1)C(=O)[C@@H]1CCCO1. The standard InChI is InChI=1S/C15H17N3O3/c1-18(15(19)12-8-5-9-20-12)10-13-16-17-14(21-13)11-6-3-2-4-7-11/h2-4,6-7,12H,5,8-10H2,1H3/t12-/m0/s1. The fraction of sp³-hybridized carbons (Fsp3) is 0.400. The molecule has 0 bridgehead atoms. The Bertz CT molecular complexity index is 606. The minimum atomic E-state index is -0.327. The molecule has 3 rings (SSSR count). The van der Waals surface area contributed by atoms with Crippen molar-refractivity contribution in [1.82, 2.24) is 15.1 Å². The van der Waals surface area contributed by atoms with Crippen LogP contribution in [0.25, 0.3) is 11.5 Å². The van der Waals surface area contributed by atoms with Gasteiger partial charge < -0.3 is 14.1 Å². The minimum Gasteiger partial charge on any atom is -0.419 e. The number of amides is 1. The molecule has 110 valence electrons. The van der Waals surface area contributed by atoms with Crippen LogP contribution < -0.4 is 0 Å². The van der Waals surface area contributed by atoms with Crippen LogP contribution in [0.1, 0.15) is 18.7 Å². The Morgan fingerprint density at radius 3 is 2.86 bits per heavy atom. The molecule has 1 aromatic carbocycles. The van der Waals surface area contributed by atoms with Crippen LogP contribution >= 0.6 is 0 Å². The van der Waals surface area contributed by atoms with Gasteiger partial charge in [0.1, 0.15) is 6.10 Å². The molecule has 0 aliphatic carbocycles. The number of carbonyl (C=O) groups is 1. The lowest BCUT2D eigenvalue weighted by Gasteiger charge is -2.18. The van der Waals surface area contributed by atoms with Crippen LogP contribution in [-0.4, -0.2) is 40.8 Å². The predicted molar refractivity (Wildman–Crippen MR) is 75.2 cm³/mol. The average molecular weight is 287 g/mol. The monoisotopic (exact) mass is 287 g/mol. The molecular formula is C15H17N3O3. The number of benzene rings is 1. The van der Waals surface area contributed by atoms with Crippen LogP contribution in [0.5, 0.6) is 0 Å². The second-order valence-corrected chi connectivity index (χ2v) is 5.06. The molecule has 1 aliphatic heterocycles. The van der Waals surface area contributed by atoms with E-state index in [4.69, 9.17) is 9.15 Å². The fourth-order valence-corrected chi connectivity index (χ4v) is 2.31. The zero-order chi connectivity index (χ0) is 14.7. The topological polar surface area (TPSA) is 68.5 Å². The molecule has 1 aliphatic rings. The fourth-order valence-electron chi connectivity index (χ4n) is 2.31. The van der Waals surface area contributed by atoms with Gasteiger partial charge in [-0.25, -0.2) is 0 Å². The van der Waals surface area contributed by atoms with Crippen molar-refractivity contribution in [1.29, 1.82) is 0 Å². The maximum absolute atomic E-state index is 12.1. The van der Waals surface area contributed by atoms with Crippen molar-refractivity contribution in [2.45, 2.75) is 25.5 Å². The summed E-state index contributed by atoms with van der Waals surface area (Å²) in [6.45, 7) is 0.946. The third-order valence-electron chi connectivity index (χ3n) is 3.44. The normalized spacial score (nSPS) is 17.9. The summed E-state index contributed by atoms with van der Waals surface area (Å²) in [6, 6.07) is 9.55. The zero-order valence-electron chi connectivity index (χ0n) is 11.9. The summed E-state index contributed by atoms with van der Waals surface area (Å²) in [5, 5.41) is 8.00. The van der Waals surface area contributed by atoms with Gasteiger partial charge in [0.2, 0.25) is 11.8 Å². The van der Waals surface area contributed by atoms with E-state index in [1.165, 1.54) is 0 Å². The summed E-state index contributed by atoms with van der Waals surface area (Å²) in [5.41, 5.74) is 0.865. The molecule has 21 heavy (non-hydrogen) atoms. The van der Waals surface area contributed by atoms with Crippen LogP contribution in [0.15, 0.2) is 34.7 Å². The highest BCUT2D eigenvalue weighted by molar-refractivity contribution is 5.80. The molecule has 0 unspecified atom stereocenters. The molecule has 0 saturated carbocycles. The van der Waals surface area contributed by atoms with Gasteiger partial charge in [0.05, 0.1) is 6.54 Å². The molecule has 0 N–H and O–H groups in total. The number of carbonyl (C=O) groups excluding carboxylic acids is 1. The molecule has 0 radical (unpaired) electrons. The Morgan fingerprint density at radius 1 is 1.33 bits per heavy atom. The summed E-state index contributed by atoms with van der Waals surface area (Å²) < 4.78 is 11.0. The van der Waals surface area contributed by atoms with E-state index in [1.807, 2.05) is 30.3 Å². The van der Waals surface area contributed by atoms with Crippen LogP contribution in [0, 0.1) is 0 Å². The highest BCUT2D eigenvalue weighted by atomic mass is 16.5. The Labute approximate surface area is 122 Å². The molecule has 1 aromatic heterocycles. The minimum absolute atomic E-state index is 0.0352. The number of aromatic nitrogens is 2. The zero-order valence-corrected chi connectivity index (χ0v) is 11.9. The largest absolute Gasteiger partial charge is 0.419 e. The van der Waals surface area contributed by atoms with Crippen LogP contribution in [0.3, 0.4) is 0 Å². The highest BCUT2D eigenvalue weighted by Gasteiger charge is 2.27. The van der Waals surface area contributed by atoms with Gasteiger partial charge in [-0.3, -0.25) is 4.79 Å². The van der Waals surface area contributed by atoms with Crippen molar-refractivity contribution in [3.8, 4) is 11.5 Å². The number of ether oxygens (including phenoxy) is 1. The third-order valence-corrected chi connectivity index (χ3v) is 3.44. The van der Waals surface area contributed by atoms with Crippen molar-refractivity contribution < 1.29 is 13.9 Å². The Balaban J connectivity index is 1.65. The van der Waals surface area contributed by atoms with Gasteiger partial charge in [0.25, 0.3) is 5.91 Å². The van der Waals surface area contributed by atoms with Gasteiger partial charge in [-0.2, -0.15) is 0 Å². The number of hydrogen-bond donors (Lipinski definition) is 0. The van der Waals surface area contributed by atoms with Crippen molar-refractivity contribution in [2.24, 2.45) is 0 Å². The van der Waals surface area contributed by atoms with Crippen molar-refractivity contribution in [2.75, 3.05) is 13.7 Å². The first kappa shape index (κ1) is 13.8. The average Bonchev–Trinajstić information content (AvgIpc) is 3.19. The van der Waals surface area contributed by atoms with Crippen LogP contribution in [0.4, 0.5) is 0 Å². The maximum Gasteiger partial charge on any atom is 0.251 e. The smallest absolute Gasteiger partial charge is 0.251 e. The molecule has 1 atom stereocenters. The van der Waals surface area contributed by atoms with Crippen LogP contribution in [0.2, 0.25) is 0 Å². The number of nitrogens with zero attached hydrogens (tertiary/aromatic N) is 3. The molecule has 6 nitrogen and oxygen atoms in total. The molecule has 2 aromatic rings. The van der Waals surface area contributed by atoms with Crippen molar-refractivity contribution >= 4 is 5.91 Å². The first-order valence-electron chi connectivity index (χ1n) is 6.98. The van der Waals surface area contributed by atoms with E-state index < -0.39 is 0 Å². The Hall–Kier alpha value is -2.21.